The molecule has 0 saturated carbocycles. The summed E-state index contributed by atoms with van der Waals surface area (Å²) in [6, 6.07) is 25.8. The summed E-state index contributed by atoms with van der Waals surface area (Å²) in [6.07, 6.45) is 9.86. The van der Waals surface area contributed by atoms with Gasteiger partial charge in [-0.05, 0) is 85.3 Å². The fourth-order valence-corrected chi connectivity index (χ4v) is 5.53. The number of hydrogen-bond donors (Lipinski definition) is 4. The zero-order valence-corrected chi connectivity index (χ0v) is 30.9. The maximum atomic E-state index is 13.6. The topological polar surface area (TPSA) is 161 Å². The van der Waals surface area contributed by atoms with Crippen LogP contribution < -0.4 is 21.3 Å². The fourth-order valence-electron chi connectivity index (χ4n) is 5.53. The van der Waals surface area contributed by atoms with Crippen molar-refractivity contribution in [2.24, 2.45) is 0 Å². The Kier molecular flexibility index (Phi) is 17.5. The first-order valence-electron chi connectivity index (χ1n) is 18.4. The molecule has 2 amide bonds. The molecule has 4 rings (SSSR count). The van der Waals surface area contributed by atoms with Crippen LogP contribution >= 0.6 is 0 Å². The lowest BCUT2D eigenvalue weighted by Gasteiger charge is -2.24. The van der Waals surface area contributed by atoms with Gasteiger partial charge in [-0.1, -0.05) is 87.4 Å². The van der Waals surface area contributed by atoms with Crippen molar-refractivity contribution in [1.29, 1.82) is 0 Å². The minimum atomic E-state index is -1.34. The van der Waals surface area contributed by atoms with E-state index in [-0.39, 0.29) is 0 Å². The van der Waals surface area contributed by atoms with Gasteiger partial charge >= 0.3 is 11.9 Å². The molecule has 54 heavy (non-hydrogen) atoms. The van der Waals surface area contributed by atoms with E-state index in [2.05, 4.69) is 31.2 Å². The summed E-state index contributed by atoms with van der Waals surface area (Å²) < 4.78 is 11.0. The largest absolute Gasteiger partial charge is 0.434 e. The molecule has 0 radical (unpaired) electrons. The summed E-state index contributed by atoms with van der Waals surface area (Å²) in [5.41, 5.74) is 3.69. The molecule has 4 aromatic rings. The van der Waals surface area contributed by atoms with Gasteiger partial charge in [0, 0.05) is 36.9 Å². The average molecular weight is 735 g/mol. The van der Waals surface area contributed by atoms with Gasteiger partial charge in [0.2, 0.25) is 12.5 Å². The van der Waals surface area contributed by atoms with Gasteiger partial charge in [0.15, 0.2) is 0 Å². The molecule has 0 aliphatic heterocycles. The number of esters is 2. The number of hydrogen-bond acceptors (Lipinski definition) is 10. The second-order valence-electron chi connectivity index (χ2n) is 12.6. The minimum absolute atomic E-state index is 0.414. The molecule has 4 unspecified atom stereocenters. The highest BCUT2D eigenvalue weighted by Crippen LogP contribution is 2.20. The predicted molar refractivity (Wildman–Crippen MR) is 205 cm³/mol. The van der Waals surface area contributed by atoms with Crippen molar-refractivity contribution >= 4 is 23.8 Å². The SMILES string of the molecule is CCCCNC(OC(=O)/C=C\C(=O)OC(NCCCC)C(=O)NC(Cc1ccccc1)c1ccncc1)C(=O)NC(Cc1ccccc1)c1ccncc1. The number of carbonyl (C=O) groups is 4. The molecule has 0 aliphatic rings. The van der Waals surface area contributed by atoms with Crippen molar-refractivity contribution in [2.75, 3.05) is 13.1 Å². The van der Waals surface area contributed by atoms with E-state index >= 15 is 0 Å². The second kappa shape index (κ2) is 23.1. The van der Waals surface area contributed by atoms with Gasteiger partial charge in [-0.15, -0.1) is 0 Å². The number of unbranched alkanes of at least 4 members (excludes halogenated alkanes) is 2. The third kappa shape index (κ3) is 14.4. The Balaban J connectivity index is 1.42. The highest BCUT2D eigenvalue weighted by atomic mass is 16.6. The average Bonchev–Trinajstić information content (AvgIpc) is 3.20. The van der Waals surface area contributed by atoms with Crippen molar-refractivity contribution in [3.05, 3.63) is 144 Å². The van der Waals surface area contributed by atoms with E-state index in [1.807, 2.05) is 98.8 Å². The Labute approximate surface area is 317 Å². The molecule has 4 N–H and O–H groups in total. The van der Waals surface area contributed by atoms with Crippen LogP contribution in [0.5, 0.6) is 0 Å². The van der Waals surface area contributed by atoms with Gasteiger partial charge in [-0.25, -0.2) is 9.59 Å². The second-order valence-corrected chi connectivity index (χ2v) is 12.6. The van der Waals surface area contributed by atoms with Crippen LogP contribution in [-0.2, 0) is 41.5 Å². The van der Waals surface area contributed by atoms with Crippen molar-refractivity contribution in [2.45, 2.75) is 76.9 Å². The van der Waals surface area contributed by atoms with Crippen LogP contribution in [0.2, 0.25) is 0 Å². The van der Waals surface area contributed by atoms with E-state index in [0.29, 0.717) is 25.9 Å². The van der Waals surface area contributed by atoms with Crippen LogP contribution in [0.15, 0.2) is 122 Å². The normalized spacial score (nSPS) is 13.3. The number of carbonyl (C=O) groups excluding carboxylic acids is 4. The van der Waals surface area contributed by atoms with Gasteiger partial charge in [-0.3, -0.25) is 30.2 Å². The number of benzene rings is 2. The highest BCUT2D eigenvalue weighted by Gasteiger charge is 2.27. The number of rotatable bonds is 22. The van der Waals surface area contributed by atoms with Gasteiger partial charge in [0.1, 0.15) is 0 Å². The summed E-state index contributed by atoms with van der Waals surface area (Å²) in [5, 5.41) is 12.0. The Bertz CT molecular complexity index is 1620. The predicted octanol–water partition coefficient (Wildman–Crippen LogP) is 5.05. The molecule has 2 aromatic carbocycles. The van der Waals surface area contributed by atoms with E-state index in [4.69, 9.17) is 9.47 Å². The summed E-state index contributed by atoms with van der Waals surface area (Å²) >= 11 is 0. The lowest BCUT2D eigenvalue weighted by molar-refractivity contribution is -0.155. The Morgan fingerprint density at radius 1 is 0.574 bits per heavy atom. The number of amides is 2. The van der Waals surface area contributed by atoms with Crippen LogP contribution in [0.4, 0.5) is 0 Å². The lowest BCUT2D eigenvalue weighted by atomic mass is 9.99. The Morgan fingerprint density at radius 2 is 0.944 bits per heavy atom. The smallest absolute Gasteiger partial charge is 0.333 e. The van der Waals surface area contributed by atoms with E-state index < -0.39 is 48.3 Å². The molecule has 0 bridgehead atoms. The quantitative estimate of drug-likeness (QED) is 0.0373. The van der Waals surface area contributed by atoms with Gasteiger partial charge in [0.05, 0.1) is 12.1 Å². The number of ether oxygens (including phenoxy) is 2. The Hall–Kier alpha value is -5.72. The van der Waals surface area contributed by atoms with E-state index in [9.17, 15) is 19.2 Å². The third-order valence-electron chi connectivity index (χ3n) is 8.44. The zero-order valence-electron chi connectivity index (χ0n) is 30.9. The first-order valence-corrected chi connectivity index (χ1v) is 18.4. The van der Waals surface area contributed by atoms with Crippen molar-refractivity contribution in [1.82, 2.24) is 31.2 Å². The number of nitrogens with one attached hydrogen (secondary N) is 4. The minimum Gasteiger partial charge on any atom is -0.434 e. The molecular formula is C42H50N6O6. The molecule has 0 fully saturated rings. The van der Waals surface area contributed by atoms with Gasteiger partial charge in [-0.2, -0.15) is 0 Å². The van der Waals surface area contributed by atoms with Crippen LogP contribution in [0.25, 0.3) is 0 Å². The maximum absolute atomic E-state index is 13.6. The fraction of sp³-hybridized carbons (Fsp3) is 0.333. The standard InChI is InChI=1S/C42H50N6O6/c1-3-5-23-45-41(39(51)47-35(33-19-25-43-26-20-33)29-31-13-9-7-10-14-31)53-37(49)17-18-38(50)54-42(46-24-6-4-2)40(52)48-36(34-21-27-44-28-22-34)30-32-15-11-8-12-16-32/h7-22,25-28,35-36,41-42,45-46H,3-6,23-24,29-30H2,1-2H3,(H,47,51)(H,48,52)/b18-17-. The van der Waals surface area contributed by atoms with Crippen LogP contribution in [0.1, 0.15) is 73.9 Å². The maximum Gasteiger partial charge on any atom is 0.333 e. The van der Waals surface area contributed by atoms with Crippen LogP contribution in [-0.4, -0.2) is 59.3 Å². The Morgan fingerprint density at radius 3 is 1.30 bits per heavy atom. The highest BCUT2D eigenvalue weighted by molar-refractivity contribution is 5.94. The van der Waals surface area contributed by atoms with Gasteiger partial charge in [0.25, 0.3) is 11.8 Å². The summed E-state index contributed by atoms with van der Waals surface area (Å²) in [5.74, 6) is -2.99. The van der Waals surface area contributed by atoms with E-state index in [1.54, 1.807) is 24.8 Å². The van der Waals surface area contributed by atoms with Crippen LogP contribution in [0.3, 0.4) is 0 Å². The summed E-state index contributed by atoms with van der Waals surface area (Å²) in [6.45, 7) is 4.84. The monoisotopic (exact) mass is 734 g/mol. The molecule has 2 heterocycles. The summed E-state index contributed by atoms with van der Waals surface area (Å²) in [7, 11) is 0. The molecule has 4 atom stereocenters. The zero-order chi connectivity index (χ0) is 38.4. The van der Waals surface area contributed by atoms with E-state index in [0.717, 1.165) is 60.1 Å². The first kappa shape index (κ1) is 41.0. The van der Waals surface area contributed by atoms with Gasteiger partial charge < -0.3 is 20.1 Å². The third-order valence-corrected chi connectivity index (χ3v) is 8.44. The van der Waals surface area contributed by atoms with Crippen molar-refractivity contribution < 1.29 is 28.7 Å². The van der Waals surface area contributed by atoms with Crippen molar-refractivity contribution in [3.8, 4) is 0 Å². The van der Waals surface area contributed by atoms with Crippen molar-refractivity contribution in [3.63, 3.8) is 0 Å². The molecular weight excluding hydrogens is 684 g/mol. The molecule has 0 spiro atoms. The first-order chi connectivity index (χ1) is 26.4. The molecule has 12 nitrogen and oxygen atoms in total. The number of nitrogens with zero attached hydrogens (tertiary/aromatic N) is 2. The molecule has 0 saturated heterocycles. The van der Waals surface area contributed by atoms with E-state index in [1.165, 1.54) is 0 Å². The molecule has 284 valence electrons. The lowest BCUT2D eigenvalue weighted by Crippen LogP contribution is -2.48. The molecule has 0 aliphatic carbocycles. The van der Waals surface area contributed by atoms with Crippen LogP contribution in [0, 0.1) is 0 Å². The summed E-state index contributed by atoms with van der Waals surface area (Å²) in [4.78, 5) is 61.4. The molecule has 2 aromatic heterocycles. The number of pyridine rings is 2. The molecule has 12 heteroatoms. The number of aromatic nitrogens is 2.